The Labute approximate surface area is 165 Å². The van der Waals surface area contributed by atoms with E-state index in [1.165, 1.54) is 38.5 Å². The standard InChI is InChI=1S/C21H30N4OS/c1-16-8-5-6-13-24(16)20(26)15-27-14-19-23-18-11-7-12-22-21(18)25(19)17-9-3-2-4-10-17/h7,11-12,16-17H,2-6,8-10,13-15H2,1H3/t16-/m0/s1. The quantitative estimate of drug-likeness (QED) is 0.755. The first-order valence-electron chi connectivity index (χ1n) is 10.4. The topological polar surface area (TPSA) is 51.0 Å². The van der Waals surface area contributed by atoms with Crippen molar-refractivity contribution in [2.24, 2.45) is 0 Å². The molecule has 2 fully saturated rings. The predicted octanol–water partition coefficient (Wildman–Crippen LogP) is 4.57. The van der Waals surface area contributed by atoms with Crippen LogP contribution >= 0.6 is 11.8 Å². The van der Waals surface area contributed by atoms with E-state index in [4.69, 9.17) is 4.98 Å². The number of hydrogen-bond donors (Lipinski definition) is 0. The number of carbonyl (C=O) groups is 1. The Morgan fingerprint density at radius 3 is 2.81 bits per heavy atom. The summed E-state index contributed by atoms with van der Waals surface area (Å²) < 4.78 is 2.37. The Morgan fingerprint density at radius 2 is 2.00 bits per heavy atom. The summed E-state index contributed by atoms with van der Waals surface area (Å²) in [4.78, 5) is 24.2. The second-order valence-corrected chi connectivity index (χ2v) is 8.95. The smallest absolute Gasteiger partial charge is 0.232 e. The van der Waals surface area contributed by atoms with Crippen LogP contribution in [-0.4, -0.2) is 43.7 Å². The molecular formula is C21H30N4OS. The lowest BCUT2D eigenvalue weighted by atomic mass is 9.95. The normalized spacial score (nSPS) is 21.7. The number of carbonyl (C=O) groups excluding carboxylic acids is 1. The monoisotopic (exact) mass is 386 g/mol. The summed E-state index contributed by atoms with van der Waals surface area (Å²) in [5, 5.41) is 0. The number of pyridine rings is 1. The average molecular weight is 387 g/mol. The lowest BCUT2D eigenvalue weighted by Gasteiger charge is -2.33. The first-order chi connectivity index (χ1) is 13.2. The minimum atomic E-state index is 0.283. The van der Waals surface area contributed by atoms with E-state index in [0.29, 0.717) is 17.8 Å². The molecule has 1 saturated carbocycles. The maximum absolute atomic E-state index is 12.6. The molecule has 27 heavy (non-hydrogen) atoms. The summed E-state index contributed by atoms with van der Waals surface area (Å²) in [5.41, 5.74) is 1.99. The van der Waals surface area contributed by atoms with Crippen molar-refractivity contribution in [3.05, 3.63) is 24.2 Å². The highest BCUT2D eigenvalue weighted by molar-refractivity contribution is 7.99. The van der Waals surface area contributed by atoms with Crippen LogP contribution in [0.15, 0.2) is 18.3 Å². The molecule has 4 rings (SSSR count). The Morgan fingerprint density at radius 1 is 1.19 bits per heavy atom. The molecular weight excluding hydrogens is 356 g/mol. The van der Waals surface area contributed by atoms with Gasteiger partial charge in [0.15, 0.2) is 5.65 Å². The number of imidazole rings is 1. The number of amides is 1. The highest BCUT2D eigenvalue weighted by Crippen LogP contribution is 2.33. The third-order valence-corrected chi connectivity index (χ3v) is 6.96. The highest BCUT2D eigenvalue weighted by atomic mass is 32.2. The maximum atomic E-state index is 12.6. The molecule has 0 bridgehead atoms. The number of thioether (sulfide) groups is 1. The fourth-order valence-corrected chi connectivity index (χ4v) is 5.41. The number of fused-ring (bicyclic) bond motifs is 1. The van der Waals surface area contributed by atoms with Gasteiger partial charge in [-0.2, -0.15) is 0 Å². The van der Waals surface area contributed by atoms with Crippen LogP contribution in [0.4, 0.5) is 0 Å². The van der Waals surface area contributed by atoms with Crippen molar-refractivity contribution in [2.45, 2.75) is 76.1 Å². The lowest BCUT2D eigenvalue weighted by Crippen LogP contribution is -2.42. The van der Waals surface area contributed by atoms with Gasteiger partial charge in [0.25, 0.3) is 0 Å². The van der Waals surface area contributed by atoms with E-state index in [-0.39, 0.29) is 5.91 Å². The molecule has 3 heterocycles. The Kier molecular flexibility index (Phi) is 6.01. The van der Waals surface area contributed by atoms with Gasteiger partial charge in [-0.15, -0.1) is 11.8 Å². The summed E-state index contributed by atoms with van der Waals surface area (Å²) in [7, 11) is 0. The van der Waals surface area contributed by atoms with Crippen LogP contribution in [0.2, 0.25) is 0 Å². The van der Waals surface area contributed by atoms with Crippen LogP contribution in [0.1, 0.15) is 70.2 Å². The minimum Gasteiger partial charge on any atom is -0.339 e. The molecule has 0 radical (unpaired) electrons. The summed E-state index contributed by atoms with van der Waals surface area (Å²) in [6.45, 7) is 3.10. The van der Waals surface area contributed by atoms with Gasteiger partial charge in [-0.3, -0.25) is 4.79 Å². The fraction of sp³-hybridized carbons (Fsp3) is 0.667. The third-order valence-electron chi connectivity index (χ3n) is 6.04. The lowest BCUT2D eigenvalue weighted by molar-refractivity contribution is -0.131. The molecule has 2 aromatic heterocycles. The van der Waals surface area contributed by atoms with Crippen LogP contribution < -0.4 is 0 Å². The fourth-order valence-electron chi connectivity index (χ4n) is 4.58. The number of aromatic nitrogens is 3. The summed E-state index contributed by atoms with van der Waals surface area (Å²) in [6.07, 6.45) is 11.7. The van der Waals surface area contributed by atoms with Crippen molar-refractivity contribution < 1.29 is 4.79 Å². The molecule has 1 amide bonds. The van der Waals surface area contributed by atoms with Crippen molar-refractivity contribution in [3.63, 3.8) is 0 Å². The zero-order chi connectivity index (χ0) is 18.6. The highest BCUT2D eigenvalue weighted by Gasteiger charge is 2.24. The molecule has 0 unspecified atom stereocenters. The van der Waals surface area contributed by atoms with Gasteiger partial charge in [0.05, 0.1) is 11.5 Å². The maximum Gasteiger partial charge on any atom is 0.232 e. The van der Waals surface area contributed by atoms with E-state index >= 15 is 0 Å². The number of hydrogen-bond acceptors (Lipinski definition) is 4. The van der Waals surface area contributed by atoms with E-state index < -0.39 is 0 Å². The van der Waals surface area contributed by atoms with Crippen LogP contribution in [0.5, 0.6) is 0 Å². The molecule has 6 heteroatoms. The second-order valence-electron chi connectivity index (χ2n) is 7.96. The Hall–Kier alpha value is -1.56. The van der Waals surface area contributed by atoms with Crippen LogP contribution in [0.3, 0.4) is 0 Å². The van der Waals surface area contributed by atoms with E-state index in [0.717, 1.165) is 42.1 Å². The van der Waals surface area contributed by atoms with E-state index in [1.807, 2.05) is 12.3 Å². The molecule has 2 aliphatic rings. The molecule has 1 atom stereocenters. The van der Waals surface area contributed by atoms with Gasteiger partial charge in [-0.1, -0.05) is 19.3 Å². The summed E-state index contributed by atoms with van der Waals surface area (Å²) in [6, 6.07) is 4.91. The first kappa shape index (κ1) is 18.8. The number of rotatable bonds is 5. The second kappa shape index (κ2) is 8.63. The molecule has 146 valence electrons. The van der Waals surface area contributed by atoms with E-state index in [2.05, 4.69) is 27.4 Å². The number of nitrogens with zero attached hydrogens (tertiary/aromatic N) is 4. The Bertz CT molecular complexity index is 784. The largest absolute Gasteiger partial charge is 0.339 e. The average Bonchev–Trinajstić information content (AvgIpc) is 3.07. The summed E-state index contributed by atoms with van der Waals surface area (Å²) >= 11 is 1.70. The van der Waals surface area contributed by atoms with E-state index in [1.54, 1.807) is 11.8 Å². The number of piperidine rings is 1. The molecule has 1 saturated heterocycles. The van der Waals surface area contributed by atoms with Crippen molar-refractivity contribution in [1.29, 1.82) is 0 Å². The van der Waals surface area contributed by atoms with Gasteiger partial charge in [0.2, 0.25) is 5.91 Å². The van der Waals surface area contributed by atoms with Crippen molar-refractivity contribution in [1.82, 2.24) is 19.4 Å². The van der Waals surface area contributed by atoms with Gasteiger partial charge in [0, 0.05) is 24.8 Å². The zero-order valence-corrected chi connectivity index (χ0v) is 17.1. The van der Waals surface area contributed by atoms with Gasteiger partial charge in [-0.25, -0.2) is 9.97 Å². The van der Waals surface area contributed by atoms with Crippen molar-refractivity contribution >= 4 is 28.8 Å². The van der Waals surface area contributed by atoms with Gasteiger partial charge in [0.1, 0.15) is 11.3 Å². The SMILES string of the molecule is C[C@H]1CCCCN1C(=O)CSCc1nc2cccnc2n1C1CCCCC1. The molecule has 1 aliphatic carbocycles. The third kappa shape index (κ3) is 4.15. The van der Waals surface area contributed by atoms with Gasteiger partial charge >= 0.3 is 0 Å². The number of likely N-dealkylation sites (tertiary alicyclic amines) is 1. The zero-order valence-electron chi connectivity index (χ0n) is 16.3. The minimum absolute atomic E-state index is 0.283. The first-order valence-corrected chi connectivity index (χ1v) is 11.6. The molecule has 0 spiro atoms. The van der Waals surface area contributed by atoms with Crippen LogP contribution in [0.25, 0.3) is 11.2 Å². The molecule has 0 N–H and O–H groups in total. The molecule has 5 nitrogen and oxygen atoms in total. The summed E-state index contributed by atoms with van der Waals surface area (Å²) in [5.74, 6) is 2.69. The van der Waals surface area contributed by atoms with Crippen molar-refractivity contribution in [3.8, 4) is 0 Å². The van der Waals surface area contributed by atoms with Gasteiger partial charge < -0.3 is 9.47 Å². The van der Waals surface area contributed by atoms with E-state index in [9.17, 15) is 4.79 Å². The van der Waals surface area contributed by atoms with Crippen LogP contribution in [-0.2, 0) is 10.5 Å². The molecule has 0 aromatic carbocycles. The van der Waals surface area contributed by atoms with Crippen molar-refractivity contribution in [2.75, 3.05) is 12.3 Å². The molecule has 2 aromatic rings. The predicted molar refractivity (Wildman–Crippen MR) is 111 cm³/mol. The Balaban J connectivity index is 1.46. The van der Waals surface area contributed by atoms with Crippen LogP contribution in [0, 0.1) is 0 Å². The molecule has 1 aliphatic heterocycles. The van der Waals surface area contributed by atoms with Gasteiger partial charge in [-0.05, 0) is 51.2 Å².